The molecule has 0 saturated carbocycles. The topological polar surface area (TPSA) is 67.4 Å². The minimum atomic E-state index is 0.119. The first-order valence-electron chi connectivity index (χ1n) is 4.76. The number of rotatable bonds is 3. The van der Waals surface area contributed by atoms with E-state index in [1.54, 1.807) is 12.1 Å². The lowest BCUT2D eigenvalue weighted by molar-refractivity contribution is 0.642. The number of halogens is 2. The highest BCUT2D eigenvalue weighted by Crippen LogP contribution is 2.22. The van der Waals surface area contributed by atoms with Crippen molar-refractivity contribution in [3.05, 3.63) is 39.6 Å². The molecule has 0 saturated heterocycles. The highest BCUT2D eigenvalue weighted by Gasteiger charge is 2.09. The van der Waals surface area contributed by atoms with E-state index in [1.807, 2.05) is 12.1 Å². The average Bonchev–Trinajstić information content (AvgIpc) is 2.71. The van der Waals surface area contributed by atoms with E-state index in [1.165, 1.54) is 4.68 Å². The van der Waals surface area contributed by atoms with Gasteiger partial charge < -0.3 is 0 Å². The Hall–Kier alpha value is -1.64. The lowest BCUT2D eigenvalue weighted by Crippen LogP contribution is -2.05. The van der Waals surface area contributed by atoms with Crippen molar-refractivity contribution in [1.82, 2.24) is 20.2 Å². The number of benzene rings is 1. The maximum Gasteiger partial charge on any atom is 0.156 e. The lowest BCUT2D eigenvalue weighted by atomic mass is 10.1. The molecule has 0 aliphatic heterocycles. The molecule has 17 heavy (non-hydrogen) atoms. The Labute approximate surface area is 108 Å². The van der Waals surface area contributed by atoms with Crippen molar-refractivity contribution in [1.29, 1.82) is 5.26 Å². The Morgan fingerprint density at radius 1 is 1.35 bits per heavy atom. The van der Waals surface area contributed by atoms with Crippen LogP contribution in [0.1, 0.15) is 11.4 Å². The zero-order valence-corrected chi connectivity index (χ0v) is 10.2. The summed E-state index contributed by atoms with van der Waals surface area (Å²) in [4.78, 5) is 0. The molecule has 0 radical (unpaired) electrons. The summed E-state index contributed by atoms with van der Waals surface area (Å²) >= 11 is 11.9. The molecule has 0 aliphatic rings. The van der Waals surface area contributed by atoms with Gasteiger partial charge in [0.05, 0.1) is 6.07 Å². The summed E-state index contributed by atoms with van der Waals surface area (Å²) in [6, 6.07) is 7.22. The van der Waals surface area contributed by atoms with Crippen LogP contribution in [0.5, 0.6) is 0 Å². The third-order valence-corrected chi connectivity index (χ3v) is 2.78. The van der Waals surface area contributed by atoms with Crippen LogP contribution < -0.4 is 0 Å². The Morgan fingerprint density at radius 2 is 2.18 bits per heavy atom. The molecule has 0 N–H and O–H groups in total. The van der Waals surface area contributed by atoms with Crippen LogP contribution in [0.2, 0.25) is 10.0 Å². The Balaban J connectivity index is 2.26. The van der Waals surface area contributed by atoms with Crippen LogP contribution in [0.4, 0.5) is 0 Å². The van der Waals surface area contributed by atoms with Crippen molar-refractivity contribution >= 4 is 23.2 Å². The van der Waals surface area contributed by atoms with E-state index >= 15 is 0 Å². The maximum absolute atomic E-state index is 8.61. The fourth-order valence-corrected chi connectivity index (χ4v) is 1.85. The van der Waals surface area contributed by atoms with Crippen molar-refractivity contribution in [3.8, 4) is 6.07 Å². The molecule has 0 bridgehead atoms. The van der Waals surface area contributed by atoms with Crippen molar-refractivity contribution < 1.29 is 0 Å². The molecule has 2 aromatic rings. The Bertz CT molecular complexity index is 572. The number of hydrogen-bond acceptors (Lipinski definition) is 4. The van der Waals surface area contributed by atoms with Gasteiger partial charge in [-0.15, -0.1) is 5.10 Å². The fraction of sp³-hybridized carbons (Fsp3) is 0.200. The summed E-state index contributed by atoms with van der Waals surface area (Å²) < 4.78 is 1.44. The van der Waals surface area contributed by atoms with Crippen molar-refractivity contribution in [2.24, 2.45) is 0 Å². The van der Waals surface area contributed by atoms with Gasteiger partial charge in [-0.2, -0.15) is 5.26 Å². The van der Waals surface area contributed by atoms with Gasteiger partial charge in [-0.1, -0.05) is 29.3 Å². The van der Waals surface area contributed by atoms with E-state index in [2.05, 4.69) is 15.5 Å². The largest absolute Gasteiger partial charge is 0.215 e. The van der Waals surface area contributed by atoms with Crippen molar-refractivity contribution in [3.63, 3.8) is 0 Å². The van der Waals surface area contributed by atoms with E-state index in [0.29, 0.717) is 22.3 Å². The van der Waals surface area contributed by atoms with Gasteiger partial charge in [0.1, 0.15) is 6.54 Å². The zero-order chi connectivity index (χ0) is 12.3. The molecule has 0 amide bonds. The highest BCUT2D eigenvalue weighted by molar-refractivity contribution is 6.35. The van der Waals surface area contributed by atoms with Crippen LogP contribution in [-0.2, 0) is 13.0 Å². The standard InChI is InChI=1S/C10H7Cl2N5/c11-8-2-1-7(9(12)6-8)5-10-14-15-16-17(10)4-3-13/h1-2,6H,4-5H2. The number of hydrogen-bond donors (Lipinski definition) is 0. The predicted molar refractivity (Wildman–Crippen MR) is 62.7 cm³/mol. The minimum Gasteiger partial charge on any atom is -0.215 e. The number of tetrazole rings is 1. The van der Waals surface area contributed by atoms with Crippen LogP contribution in [0, 0.1) is 11.3 Å². The monoisotopic (exact) mass is 267 g/mol. The van der Waals surface area contributed by atoms with E-state index in [4.69, 9.17) is 28.5 Å². The number of nitrogens with zero attached hydrogens (tertiary/aromatic N) is 5. The fourth-order valence-electron chi connectivity index (χ4n) is 1.38. The van der Waals surface area contributed by atoms with Crippen LogP contribution >= 0.6 is 23.2 Å². The first kappa shape index (κ1) is 11.8. The van der Waals surface area contributed by atoms with Gasteiger partial charge in [0.25, 0.3) is 0 Å². The first-order valence-corrected chi connectivity index (χ1v) is 5.52. The van der Waals surface area contributed by atoms with E-state index in [-0.39, 0.29) is 6.54 Å². The van der Waals surface area contributed by atoms with Crippen molar-refractivity contribution in [2.75, 3.05) is 0 Å². The molecule has 0 spiro atoms. The molecular formula is C10H7Cl2N5. The molecule has 0 unspecified atom stereocenters. The molecule has 5 nitrogen and oxygen atoms in total. The molecule has 1 heterocycles. The van der Waals surface area contributed by atoms with Crippen LogP contribution in [0.3, 0.4) is 0 Å². The van der Waals surface area contributed by atoms with Gasteiger partial charge in [-0.3, -0.25) is 0 Å². The SMILES string of the molecule is N#CCn1nnnc1Cc1ccc(Cl)cc1Cl. The molecule has 0 aliphatic carbocycles. The van der Waals surface area contributed by atoms with Gasteiger partial charge in [-0.25, -0.2) is 4.68 Å². The van der Waals surface area contributed by atoms with E-state index in [0.717, 1.165) is 5.56 Å². The minimum absolute atomic E-state index is 0.119. The zero-order valence-electron chi connectivity index (χ0n) is 8.64. The van der Waals surface area contributed by atoms with Crippen LogP contribution in [0.15, 0.2) is 18.2 Å². The second-order valence-electron chi connectivity index (χ2n) is 3.32. The highest BCUT2D eigenvalue weighted by atomic mass is 35.5. The second-order valence-corrected chi connectivity index (χ2v) is 4.17. The molecule has 0 fully saturated rings. The third-order valence-electron chi connectivity index (χ3n) is 2.19. The quantitative estimate of drug-likeness (QED) is 0.854. The number of nitriles is 1. The average molecular weight is 268 g/mol. The third kappa shape index (κ3) is 2.73. The Kier molecular flexibility index (Phi) is 3.57. The summed E-state index contributed by atoms with van der Waals surface area (Å²) in [6.07, 6.45) is 0.463. The lowest BCUT2D eigenvalue weighted by Gasteiger charge is -2.03. The normalized spacial score (nSPS) is 10.2. The predicted octanol–water partition coefficient (Wildman–Crippen LogP) is 2.09. The smallest absolute Gasteiger partial charge is 0.156 e. The van der Waals surface area contributed by atoms with Gasteiger partial charge in [0.15, 0.2) is 5.82 Å². The van der Waals surface area contributed by atoms with Gasteiger partial charge in [0, 0.05) is 16.5 Å². The molecule has 1 aromatic heterocycles. The summed E-state index contributed by atoms with van der Waals surface area (Å²) in [5.74, 6) is 0.593. The van der Waals surface area contributed by atoms with E-state index in [9.17, 15) is 0 Å². The second kappa shape index (κ2) is 5.13. The molecule has 0 atom stereocenters. The maximum atomic E-state index is 8.61. The van der Waals surface area contributed by atoms with Gasteiger partial charge in [0.2, 0.25) is 0 Å². The first-order chi connectivity index (χ1) is 8.20. The molecule has 1 aromatic carbocycles. The van der Waals surface area contributed by atoms with Crippen LogP contribution in [-0.4, -0.2) is 20.2 Å². The summed E-state index contributed by atoms with van der Waals surface area (Å²) in [6.45, 7) is 0.119. The van der Waals surface area contributed by atoms with Crippen LogP contribution in [0.25, 0.3) is 0 Å². The molecule has 86 valence electrons. The van der Waals surface area contributed by atoms with Gasteiger partial charge in [-0.05, 0) is 28.1 Å². The van der Waals surface area contributed by atoms with Gasteiger partial charge >= 0.3 is 0 Å². The summed E-state index contributed by atoms with van der Waals surface area (Å²) in [7, 11) is 0. The molecule has 7 heteroatoms. The molecule has 2 rings (SSSR count). The van der Waals surface area contributed by atoms with E-state index < -0.39 is 0 Å². The summed E-state index contributed by atoms with van der Waals surface area (Å²) in [5.41, 5.74) is 0.866. The number of aromatic nitrogens is 4. The Morgan fingerprint density at radius 3 is 2.88 bits per heavy atom. The van der Waals surface area contributed by atoms with Crippen molar-refractivity contribution in [2.45, 2.75) is 13.0 Å². The molecular weight excluding hydrogens is 261 g/mol. The summed E-state index contributed by atoms with van der Waals surface area (Å²) in [5, 5.41) is 20.8.